The molecule has 8 nitrogen and oxygen atoms in total. The number of hydroxylamine groups is 3. The Hall–Kier alpha value is -0.320. The number of rotatable bonds is 3. The van der Waals surface area contributed by atoms with Gasteiger partial charge in [0.15, 0.2) is 0 Å². The Balaban J connectivity index is 5.30. The summed E-state index contributed by atoms with van der Waals surface area (Å²) in [7, 11) is 1.60. The topological polar surface area (TPSA) is 142 Å². The molecule has 0 heterocycles. The summed E-state index contributed by atoms with van der Waals surface area (Å²) in [5, 5.41) is 63.4. The van der Waals surface area contributed by atoms with Crippen LogP contribution in [0.1, 0.15) is 6.92 Å². The highest BCUT2D eigenvalue weighted by atomic mass is 16.7. The second kappa shape index (κ2) is 3.08. The number of hydrogen-bond donors (Lipinski definition) is 7. The van der Waals surface area contributed by atoms with E-state index in [4.69, 9.17) is 25.6 Å². The molecular formula is C6H16NO7+. The van der Waals surface area contributed by atoms with Gasteiger partial charge in [0.25, 0.3) is 0 Å². The van der Waals surface area contributed by atoms with Crippen LogP contribution in [-0.4, -0.2) is 72.1 Å². The van der Waals surface area contributed by atoms with Crippen molar-refractivity contribution < 1.29 is 40.5 Å². The molecule has 0 aliphatic carbocycles. The highest BCUT2D eigenvalue weighted by molar-refractivity contribution is 4.84. The van der Waals surface area contributed by atoms with Crippen LogP contribution in [0.5, 0.6) is 0 Å². The van der Waals surface area contributed by atoms with E-state index in [1.807, 2.05) is 0 Å². The Kier molecular flexibility index (Phi) is 3.01. The van der Waals surface area contributed by atoms with Gasteiger partial charge in [-0.1, -0.05) is 0 Å². The van der Waals surface area contributed by atoms with Crippen LogP contribution in [0.4, 0.5) is 0 Å². The lowest BCUT2D eigenvalue weighted by molar-refractivity contribution is -1.16. The normalized spacial score (nSPS) is 15.9. The van der Waals surface area contributed by atoms with Gasteiger partial charge in [-0.25, -0.2) is 5.21 Å². The zero-order chi connectivity index (χ0) is 12.0. The Morgan fingerprint density at radius 1 is 0.857 bits per heavy atom. The van der Waals surface area contributed by atoms with E-state index < -0.39 is 22.1 Å². The van der Waals surface area contributed by atoms with Crippen molar-refractivity contribution in [1.29, 1.82) is 0 Å². The molecule has 86 valence electrons. The van der Waals surface area contributed by atoms with Gasteiger partial charge in [0.05, 0.1) is 0 Å². The smallest absolute Gasteiger partial charge is 0.361 e. The van der Waals surface area contributed by atoms with Crippen molar-refractivity contribution >= 4 is 0 Å². The number of aliphatic hydroxyl groups is 6. The fourth-order valence-corrected chi connectivity index (χ4v) is 0.699. The fourth-order valence-electron chi connectivity index (χ4n) is 0.699. The average Bonchev–Trinajstić information content (AvgIpc) is 1.81. The molecule has 0 bridgehead atoms. The first kappa shape index (κ1) is 13.7. The molecule has 7 N–H and O–H groups in total. The maximum Gasteiger partial charge on any atom is 0.406 e. The van der Waals surface area contributed by atoms with Gasteiger partial charge in [-0.3, -0.25) is 0 Å². The maximum absolute atomic E-state index is 9.17. The molecule has 0 rings (SSSR count). The molecule has 0 saturated carbocycles. The third-order valence-electron chi connectivity index (χ3n) is 1.89. The molecule has 0 unspecified atom stereocenters. The third kappa shape index (κ3) is 1.87. The van der Waals surface area contributed by atoms with E-state index in [0.717, 1.165) is 14.1 Å². The van der Waals surface area contributed by atoms with Gasteiger partial charge < -0.3 is 30.6 Å². The summed E-state index contributed by atoms with van der Waals surface area (Å²) in [6.45, 7) is 0.518. The van der Waals surface area contributed by atoms with Gasteiger partial charge in [-0.2, -0.15) is 0 Å². The Bertz CT molecular complexity index is 187. The molecule has 0 amide bonds. The van der Waals surface area contributed by atoms with Gasteiger partial charge in [-0.15, -0.1) is 4.65 Å². The van der Waals surface area contributed by atoms with Crippen molar-refractivity contribution in [2.24, 2.45) is 0 Å². The maximum atomic E-state index is 9.17. The standard InChI is InChI=1S/C6H16NO7/c1-4(8,9)5(10,11)6(12,13)7(2,3)14/h8-14H,1-3H3/q+1. The van der Waals surface area contributed by atoms with Crippen LogP contribution in [0, 0.1) is 0 Å². The van der Waals surface area contributed by atoms with E-state index in [1.165, 1.54) is 0 Å². The largest absolute Gasteiger partial charge is 0.406 e. The SMILES string of the molecule is CC(O)(O)C(O)(O)C(O)(O)[N+](C)(C)O. The summed E-state index contributed by atoms with van der Waals surface area (Å²) in [5.41, 5.74) is 0. The van der Waals surface area contributed by atoms with Crippen LogP contribution in [-0.2, 0) is 0 Å². The summed E-state index contributed by atoms with van der Waals surface area (Å²) in [6.07, 6.45) is 0. The van der Waals surface area contributed by atoms with E-state index in [2.05, 4.69) is 0 Å². The first-order chi connectivity index (χ1) is 5.75. The zero-order valence-electron chi connectivity index (χ0n) is 8.08. The van der Waals surface area contributed by atoms with Gasteiger partial charge in [-0.05, 0) is 6.92 Å². The molecule has 8 heteroatoms. The summed E-state index contributed by atoms with van der Waals surface area (Å²) in [5.74, 6) is -10.5. The van der Waals surface area contributed by atoms with Gasteiger partial charge in [0.2, 0.25) is 5.79 Å². The molecule has 0 aromatic rings. The fraction of sp³-hybridized carbons (Fsp3) is 1.00. The van der Waals surface area contributed by atoms with Crippen molar-refractivity contribution in [1.82, 2.24) is 0 Å². The lowest BCUT2D eigenvalue weighted by Crippen LogP contribution is -2.77. The van der Waals surface area contributed by atoms with Crippen LogP contribution in [0.15, 0.2) is 0 Å². The molecule has 0 saturated heterocycles. The summed E-state index contributed by atoms with van der Waals surface area (Å²) >= 11 is 0. The van der Waals surface area contributed by atoms with Crippen LogP contribution >= 0.6 is 0 Å². The molecule has 14 heavy (non-hydrogen) atoms. The van der Waals surface area contributed by atoms with Crippen molar-refractivity contribution in [3.63, 3.8) is 0 Å². The monoisotopic (exact) mass is 214 g/mol. The molecule has 0 atom stereocenters. The predicted molar refractivity (Wildman–Crippen MR) is 41.1 cm³/mol. The van der Waals surface area contributed by atoms with E-state index in [-0.39, 0.29) is 0 Å². The quantitative estimate of drug-likeness (QED) is 0.147. The molecule has 0 spiro atoms. The lowest BCUT2D eigenvalue weighted by Gasteiger charge is -2.43. The van der Waals surface area contributed by atoms with Crippen molar-refractivity contribution in [2.45, 2.75) is 24.4 Å². The Morgan fingerprint density at radius 2 is 1.14 bits per heavy atom. The minimum absolute atomic E-state index is 0.518. The van der Waals surface area contributed by atoms with Crippen molar-refractivity contribution in [3.05, 3.63) is 0 Å². The Morgan fingerprint density at radius 3 is 1.21 bits per heavy atom. The zero-order valence-corrected chi connectivity index (χ0v) is 8.08. The molecule has 0 radical (unpaired) electrons. The van der Waals surface area contributed by atoms with Crippen molar-refractivity contribution in [2.75, 3.05) is 14.1 Å². The van der Waals surface area contributed by atoms with Gasteiger partial charge in [0, 0.05) is 0 Å². The molecular weight excluding hydrogens is 198 g/mol. The molecule has 0 fully saturated rings. The number of likely N-dealkylation sites (N-methyl/N-ethyl adjacent to an activating group) is 1. The molecule has 0 aromatic heterocycles. The molecule has 0 aliphatic heterocycles. The van der Waals surface area contributed by atoms with Gasteiger partial charge >= 0.3 is 11.7 Å². The predicted octanol–water partition coefficient (Wildman–Crippen LogP) is -3.53. The second-order valence-corrected chi connectivity index (χ2v) is 3.72. The molecule has 0 aromatic carbocycles. The second-order valence-electron chi connectivity index (χ2n) is 3.72. The van der Waals surface area contributed by atoms with E-state index in [0.29, 0.717) is 6.92 Å². The van der Waals surface area contributed by atoms with E-state index >= 15 is 0 Å². The highest BCUT2D eigenvalue weighted by Gasteiger charge is 2.69. The van der Waals surface area contributed by atoms with Crippen LogP contribution in [0.3, 0.4) is 0 Å². The third-order valence-corrected chi connectivity index (χ3v) is 1.89. The summed E-state index contributed by atoms with van der Waals surface area (Å²) < 4.78 is -1.71. The van der Waals surface area contributed by atoms with Gasteiger partial charge in [0.1, 0.15) is 14.1 Å². The Labute approximate surface area is 80.0 Å². The van der Waals surface area contributed by atoms with E-state index in [1.54, 1.807) is 0 Å². The summed E-state index contributed by atoms with van der Waals surface area (Å²) in [4.78, 5) is 0. The van der Waals surface area contributed by atoms with Crippen LogP contribution < -0.4 is 0 Å². The van der Waals surface area contributed by atoms with Crippen molar-refractivity contribution in [3.8, 4) is 0 Å². The first-order valence-corrected chi connectivity index (χ1v) is 3.66. The molecule has 0 aliphatic rings. The number of hydrogen-bond acceptors (Lipinski definition) is 7. The van der Waals surface area contributed by atoms with Crippen LogP contribution in [0.25, 0.3) is 0 Å². The minimum Gasteiger partial charge on any atom is -0.361 e. The van der Waals surface area contributed by atoms with E-state index in [9.17, 15) is 10.2 Å². The highest BCUT2D eigenvalue weighted by Crippen LogP contribution is 2.31. The first-order valence-electron chi connectivity index (χ1n) is 3.66. The number of nitrogens with zero attached hydrogens (tertiary/aromatic N) is 1. The minimum atomic E-state index is -3.74. The summed E-state index contributed by atoms with van der Waals surface area (Å²) in [6, 6.07) is 0. The number of quaternary nitrogens is 1. The lowest BCUT2D eigenvalue weighted by atomic mass is 10.0. The average molecular weight is 214 g/mol. The van der Waals surface area contributed by atoms with Crippen LogP contribution in [0.2, 0.25) is 0 Å².